The number of halogens is 4. The molecule has 0 atom stereocenters. The molecular weight excluding hydrogens is 278 g/mol. The van der Waals surface area contributed by atoms with Gasteiger partial charge in [0.05, 0.1) is 11.1 Å². The highest BCUT2D eigenvalue weighted by Gasteiger charge is 2.35. The molecule has 1 heterocycles. The molecule has 1 N–H and O–H groups in total. The van der Waals surface area contributed by atoms with E-state index in [1.165, 1.54) is 18.5 Å². The van der Waals surface area contributed by atoms with E-state index in [-0.39, 0.29) is 5.95 Å². The number of alkyl halides is 3. The zero-order valence-corrected chi connectivity index (χ0v) is 9.78. The molecule has 0 aliphatic carbocycles. The summed E-state index contributed by atoms with van der Waals surface area (Å²) < 4.78 is 51.3. The van der Waals surface area contributed by atoms with E-state index in [0.29, 0.717) is 6.07 Å². The van der Waals surface area contributed by atoms with Crippen molar-refractivity contribution in [3.05, 3.63) is 53.6 Å². The van der Waals surface area contributed by atoms with E-state index in [1.54, 1.807) is 0 Å². The van der Waals surface area contributed by atoms with Crippen LogP contribution < -0.4 is 5.32 Å². The van der Waals surface area contributed by atoms with Crippen LogP contribution in [0.2, 0.25) is 0 Å². The minimum Gasteiger partial charge on any atom is -0.290 e. The number of amides is 1. The monoisotopic (exact) mass is 285 g/mol. The molecule has 0 radical (unpaired) electrons. The molecule has 0 saturated carbocycles. The molecule has 2 aromatic rings. The van der Waals surface area contributed by atoms with Crippen molar-refractivity contribution in [1.82, 2.24) is 9.97 Å². The van der Waals surface area contributed by atoms with Crippen LogP contribution in [-0.4, -0.2) is 15.9 Å². The topological polar surface area (TPSA) is 54.9 Å². The predicted octanol–water partition coefficient (Wildman–Crippen LogP) is 2.89. The molecule has 0 fully saturated rings. The smallest absolute Gasteiger partial charge is 0.290 e. The number of rotatable bonds is 2. The number of carbonyl (C=O) groups excluding carboxylic acids is 1. The number of anilines is 1. The second-order valence-corrected chi connectivity index (χ2v) is 3.69. The van der Waals surface area contributed by atoms with Crippen molar-refractivity contribution in [2.75, 3.05) is 5.32 Å². The maximum atomic E-state index is 13.7. The number of benzene rings is 1. The van der Waals surface area contributed by atoms with Gasteiger partial charge in [0.1, 0.15) is 5.82 Å². The van der Waals surface area contributed by atoms with Gasteiger partial charge >= 0.3 is 6.18 Å². The molecule has 0 saturated heterocycles. The Balaban J connectivity index is 2.32. The first-order valence-electron chi connectivity index (χ1n) is 5.33. The Morgan fingerprint density at radius 3 is 2.35 bits per heavy atom. The van der Waals surface area contributed by atoms with Gasteiger partial charge in [0.2, 0.25) is 5.95 Å². The highest BCUT2D eigenvalue weighted by molar-refractivity contribution is 6.03. The summed E-state index contributed by atoms with van der Waals surface area (Å²) in [6.07, 6.45) is -2.22. The quantitative estimate of drug-likeness (QED) is 0.863. The lowest BCUT2D eigenvalue weighted by atomic mass is 10.1. The number of carbonyl (C=O) groups is 1. The maximum Gasteiger partial charge on any atom is 0.419 e. The van der Waals surface area contributed by atoms with E-state index in [1.807, 2.05) is 0 Å². The Bertz CT molecular complexity index is 628. The highest BCUT2D eigenvalue weighted by atomic mass is 19.4. The molecule has 0 unspecified atom stereocenters. The van der Waals surface area contributed by atoms with E-state index in [2.05, 4.69) is 15.3 Å². The molecule has 0 bridgehead atoms. The summed E-state index contributed by atoms with van der Waals surface area (Å²) >= 11 is 0. The molecule has 0 spiro atoms. The predicted molar refractivity (Wildman–Crippen MR) is 61.4 cm³/mol. The summed E-state index contributed by atoms with van der Waals surface area (Å²) in [5.74, 6) is -2.82. The zero-order valence-electron chi connectivity index (χ0n) is 9.78. The third-order valence-corrected chi connectivity index (χ3v) is 2.34. The first kappa shape index (κ1) is 13.9. The summed E-state index contributed by atoms with van der Waals surface area (Å²) in [7, 11) is 0. The van der Waals surface area contributed by atoms with Crippen LogP contribution in [0.3, 0.4) is 0 Å². The average molecular weight is 285 g/mol. The van der Waals surface area contributed by atoms with Crippen molar-refractivity contribution in [2.45, 2.75) is 6.18 Å². The van der Waals surface area contributed by atoms with Crippen molar-refractivity contribution >= 4 is 11.9 Å². The van der Waals surface area contributed by atoms with Crippen molar-refractivity contribution < 1.29 is 22.4 Å². The normalized spacial score (nSPS) is 11.2. The van der Waals surface area contributed by atoms with Gasteiger partial charge in [-0.25, -0.2) is 14.4 Å². The zero-order chi connectivity index (χ0) is 14.8. The van der Waals surface area contributed by atoms with E-state index in [9.17, 15) is 22.4 Å². The molecule has 0 aliphatic rings. The van der Waals surface area contributed by atoms with Crippen molar-refractivity contribution in [2.24, 2.45) is 0 Å². The SMILES string of the molecule is O=C(Nc1ncccn1)c1cccc(C(F)(F)F)c1F. The van der Waals surface area contributed by atoms with Crippen LogP contribution in [0, 0.1) is 5.82 Å². The van der Waals surface area contributed by atoms with Gasteiger partial charge in [0.25, 0.3) is 5.91 Å². The Kier molecular flexibility index (Phi) is 3.64. The molecule has 4 nitrogen and oxygen atoms in total. The standard InChI is InChI=1S/C12H7F4N3O/c13-9-7(3-1-4-8(9)12(14,15)16)10(20)19-11-17-5-2-6-18-11/h1-6H,(H,17,18,19,20). The van der Waals surface area contributed by atoms with E-state index in [0.717, 1.165) is 12.1 Å². The summed E-state index contributed by atoms with van der Waals surface area (Å²) in [5.41, 5.74) is -2.23. The second kappa shape index (κ2) is 5.24. The number of hydrogen-bond acceptors (Lipinski definition) is 3. The Labute approximate surface area is 110 Å². The van der Waals surface area contributed by atoms with Crippen molar-refractivity contribution in [3.63, 3.8) is 0 Å². The number of nitrogens with one attached hydrogen (secondary N) is 1. The largest absolute Gasteiger partial charge is 0.419 e. The number of hydrogen-bond donors (Lipinski definition) is 1. The lowest BCUT2D eigenvalue weighted by molar-refractivity contribution is -0.140. The fourth-order valence-electron chi connectivity index (χ4n) is 1.46. The first-order valence-corrected chi connectivity index (χ1v) is 5.33. The third kappa shape index (κ3) is 2.90. The van der Waals surface area contributed by atoms with Gasteiger partial charge in [0, 0.05) is 12.4 Å². The van der Waals surface area contributed by atoms with E-state index < -0.39 is 29.0 Å². The number of aromatic nitrogens is 2. The Hall–Kier alpha value is -2.51. The average Bonchev–Trinajstić information content (AvgIpc) is 2.38. The third-order valence-electron chi connectivity index (χ3n) is 2.34. The molecule has 8 heteroatoms. The number of nitrogens with zero attached hydrogens (tertiary/aromatic N) is 2. The molecule has 1 aromatic heterocycles. The van der Waals surface area contributed by atoms with Gasteiger partial charge in [-0.05, 0) is 18.2 Å². The summed E-state index contributed by atoms with van der Waals surface area (Å²) in [6.45, 7) is 0. The van der Waals surface area contributed by atoms with Gasteiger partial charge in [-0.15, -0.1) is 0 Å². The molecule has 0 aliphatic heterocycles. The van der Waals surface area contributed by atoms with Crippen LogP contribution in [0.4, 0.5) is 23.5 Å². The molecular formula is C12H7F4N3O. The molecule has 2 rings (SSSR count). The molecule has 104 valence electrons. The molecule has 1 amide bonds. The van der Waals surface area contributed by atoms with Crippen LogP contribution in [0.15, 0.2) is 36.7 Å². The van der Waals surface area contributed by atoms with Gasteiger partial charge in [-0.1, -0.05) is 6.07 Å². The maximum absolute atomic E-state index is 13.7. The van der Waals surface area contributed by atoms with Gasteiger partial charge in [-0.2, -0.15) is 13.2 Å². The van der Waals surface area contributed by atoms with Crippen LogP contribution in [0.25, 0.3) is 0 Å². The van der Waals surface area contributed by atoms with Crippen LogP contribution in [0.1, 0.15) is 15.9 Å². The lowest BCUT2D eigenvalue weighted by Crippen LogP contribution is -2.18. The van der Waals surface area contributed by atoms with Crippen molar-refractivity contribution in [3.8, 4) is 0 Å². The Morgan fingerprint density at radius 1 is 1.10 bits per heavy atom. The van der Waals surface area contributed by atoms with E-state index >= 15 is 0 Å². The Morgan fingerprint density at radius 2 is 1.75 bits per heavy atom. The fraction of sp³-hybridized carbons (Fsp3) is 0.0833. The highest BCUT2D eigenvalue weighted by Crippen LogP contribution is 2.32. The minimum absolute atomic E-state index is 0.130. The van der Waals surface area contributed by atoms with Gasteiger partial charge < -0.3 is 0 Å². The lowest BCUT2D eigenvalue weighted by Gasteiger charge is -2.10. The van der Waals surface area contributed by atoms with Crippen LogP contribution in [0.5, 0.6) is 0 Å². The van der Waals surface area contributed by atoms with Crippen molar-refractivity contribution in [1.29, 1.82) is 0 Å². The minimum atomic E-state index is -4.87. The second-order valence-electron chi connectivity index (χ2n) is 3.69. The molecule has 1 aromatic carbocycles. The summed E-state index contributed by atoms with van der Waals surface area (Å²) in [4.78, 5) is 19.0. The summed E-state index contributed by atoms with van der Waals surface area (Å²) in [5, 5.41) is 2.11. The van der Waals surface area contributed by atoms with Crippen LogP contribution >= 0.6 is 0 Å². The van der Waals surface area contributed by atoms with Gasteiger partial charge in [0.15, 0.2) is 0 Å². The molecule has 20 heavy (non-hydrogen) atoms. The first-order chi connectivity index (χ1) is 9.39. The van der Waals surface area contributed by atoms with Gasteiger partial charge in [-0.3, -0.25) is 10.1 Å². The fourth-order valence-corrected chi connectivity index (χ4v) is 1.46. The van der Waals surface area contributed by atoms with E-state index in [4.69, 9.17) is 0 Å². The van der Waals surface area contributed by atoms with Crippen LogP contribution in [-0.2, 0) is 6.18 Å². The summed E-state index contributed by atoms with van der Waals surface area (Å²) in [6, 6.07) is 3.95.